The highest BCUT2D eigenvalue weighted by Gasteiger charge is 2.46. The molecule has 0 saturated heterocycles. The predicted octanol–water partition coefficient (Wildman–Crippen LogP) is 5.96. The van der Waals surface area contributed by atoms with Gasteiger partial charge in [-0.2, -0.15) is 10.2 Å². The van der Waals surface area contributed by atoms with Crippen molar-refractivity contribution >= 4 is 14.1 Å². The number of nitrogens with zero attached hydrogens (tertiary/aromatic N) is 3. The quantitative estimate of drug-likeness (QED) is 0.380. The molecule has 1 unspecified atom stereocenters. The second kappa shape index (κ2) is 8.46. The highest BCUT2D eigenvalue weighted by molar-refractivity contribution is 6.74. The molecule has 2 heterocycles. The van der Waals surface area contributed by atoms with E-state index in [1.165, 1.54) is 0 Å². The first kappa shape index (κ1) is 23.6. The molecule has 1 aliphatic carbocycles. The van der Waals surface area contributed by atoms with Crippen LogP contribution in [0.15, 0.2) is 18.8 Å². The van der Waals surface area contributed by atoms with Gasteiger partial charge in [-0.15, -0.1) is 5.10 Å². The number of ether oxygens (including phenoxy) is 1. The highest BCUT2D eigenvalue weighted by Crippen LogP contribution is 2.49. The Balaban J connectivity index is 1.99. The Morgan fingerprint density at radius 2 is 2.03 bits per heavy atom. The summed E-state index contributed by atoms with van der Waals surface area (Å²) in [5.74, 6) is 0.457. The van der Waals surface area contributed by atoms with E-state index in [4.69, 9.17) is 9.16 Å². The van der Waals surface area contributed by atoms with Crippen molar-refractivity contribution in [3.8, 4) is 11.3 Å². The van der Waals surface area contributed by atoms with Gasteiger partial charge in [0.1, 0.15) is 11.5 Å². The molecule has 0 aromatic carbocycles. The molecule has 0 spiro atoms. The number of aromatic nitrogens is 4. The zero-order valence-electron chi connectivity index (χ0n) is 19.8. The van der Waals surface area contributed by atoms with Crippen LogP contribution in [0.5, 0.6) is 0 Å². The second-order valence-corrected chi connectivity index (χ2v) is 14.8. The van der Waals surface area contributed by atoms with Crippen molar-refractivity contribution in [3.63, 3.8) is 0 Å². The minimum absolute atomic E-state index is 0.00718. The number of H-pyrrole nitrogens is 1. The molecule has 1 saturated carbocycles. The minimum atomic E-state index is -1.93. The van der Waals surface area contributed by atoms with Crippen LogP contribution >= 0.6 is 0 Å². The van der Waals surface area contributed by atoms with Gasteiger partial charge in [-0.1, -0.05) is 34.3 Å². The molecule has 2 aromatic heterocycles. The molecule has 2 aromatic rings. The summed E-state index contributed by atoms with van der Waals surface area (Å²) in [5.41, 5.74) is 2.18. The first-order chi connectivity index (χ1) is 14.4. The van der Waals surface area contributed by atoms with Gasteiger partial charge in [0, 0.05) is 18.1 Å². The number of halogens is 1. The maximum absolute atomic E-state index is 14.5. The molecule has 0 bridgehead atoms. The average molecular weight is 447 g/mol. The lowest BCUT2D eigenvalue weighted by atomic mass is 9.93. The van der Waals surface area contributed by atoms with Crippen LogP contribution in [0.4, 0.5) is 4.39 Å². The molecule has 170 valence electrons. The van der Waals surface area contributed by atoms with E-state index in [0.717, 1.165) is 11.1 Å². The summed E-state index contributed by atoms with van der Waals surface area (Å²) in [7, 11) is -1.93. The molecule has 0 amide bonds. The van der Waals surface area contributed by atoms with Crippen LogP contribution < -0.4 is 0 Å². The molecule has 1 atom stereocenters. The van der Waals surface area contributed by atoms with Crippen LogP contribution in [0.25, 0.3) is 17.0 Å². The second-order valence-electron chi connectivity index (χ2n) is 9.98. The van der Waals surface area contributed by atoms with Crippen LogP contribution in [0.3, 0.4) is 0 Å². The van der Waals surface area contributed by atoms with Gasteiger partial charge in [0.25, 0.3) is 0 Å². The fourth-order valence-electron chi connectivity index (χ4n) is 3.25. The third-order valence-electron chi connectivity index (χ3n) is 6.49. The number of rotatable bonds is 9. The Morgan fingerprint density at radius 1 is 1.35 bits per heavy atom. The van der Waals surface area contributed by atoms with Crippen molar-refractivity contribution in [2.24, 2.45) is 0 Å². The minimum Gasteiger partial charge on any atom is -0.492 e. The largest absolute Gasteiger partial charge is 0.492 e. The van der Waals surface area contributed by atoms with Gasteiger partial charge in [-0.25, -0.2) is 4.39 Å². The van der Waals surface area contributed by atoms with Crippen LogP contribution in [0, 0.1) is 0 Å². The lowest BCUT2D eigenvalue weighted by Crippen LogP contribution is -2.41. The summed E-state index contributed by atoms with van der Waals surface area (Å²) in [6.45, 7) is 20.2. The van der Waals surface area contributed by atoms with Crippen LogP contribution in [-0.2, 0) is 14.8 Å². The lowest BCUT2D eigenvalue weighted by Gasteiger charge is -2.37. The van der Waals surface area contributed by atoms with Gasteiger partial charge in [0.15, 0.2) is 14.0 Å². The average Bonchev–Trinajstić information content (AvgIpc) is 3.25. The molecular formula is C23H35FN4O2Si. The first-order valence-electron chi connectivity index (χ1n) is 11.0. The topological polar surface area (TPSA) is 72.9 Å². The zero-order valence-corrected chi connectivity index (χ0v) is 20.8. The molecule has 3 rings (SSSR count). The van der Waals surface area contributed by atoms with Gasteiger partial charge in [-0.05, 0) is 49.5 Å². The van der Waals surface area contributed by atoms with Gasteiger partial charge in [0.05, 0.1) is 24.2 Å². The molecule has 1 aliphatic rings. The van der Waals surface area contributed by atoms with Gasteiger partial charge in [-0.3, -0.25) is 5.10 Å². The van der Waals surface area contributed by atoms with Crippen molar-refractivity contribution in [1.82, 2.24) is 20.4 Å². The van der Waals surface area contributed by atoms with E-state index in [1.54, 1.807) is 12.3 Å². The summed E-state index contributed by atoms with van der Waals surface area (Å²) in [6.07, 6.45) is 2.73. The Labute approximate surface area is 185 Å². The van der Waals surface area contributed by atoms with Gasteiger partial charge < -0.3 is 9.16 Å². The van der Waals surface area contributed by atoms with Gasteiger partial charge >= 0.3 is 0 Å². The van der Waals surface area contributed by atoms with E-state index in [0.29, 0.717) is 48.9 Å². The van der Waals surface area contributed by atoms with Crippen molar-refractivity contribution in [2.45, 2.75) is 77.2 Å². The molecule has 0 radical (unpaired) electrons. The SMILES string of the molecule is C=C(OCC)c1nncc(-c2cc(C3(F)CC3)[nH]n2)c1C(C)CO[Si](C)(C)C(C)(C)C. The monoisotopic (exact) mass is 446 g/mol. The Bertz CT molecular complexity index is 947. The molecule has 31 heavy (non-hydrogen) atoms. The summed E-state index contributed by atoms with van der Waals surface area (Å²) in [6, 6.07) is 1.78. The van der Waals surface area contributed by atoms with E-state index < -0.39 is 14.0 Å². The number of hydrogen-bond acceptors (Lipinski definition) is 5. The van der Waals surface area contributed by atoms with Gasteiger partial charge in [0.2, 0.25) is 0 Å². The van der Waals surface area contributed by atoms with E-state index in [-0.39, 0.29) is 11.0 Å². The standard InChI is InChI=1S/C23H35FN4O2Si/c1-9-29-16(3)21-20(15(2)14-30-31(7,8)22(4,5)6)17(13-25-28-21)18-12-19(27-26-18)23(24)10-11-23/h12-13,15H,3,9-11,14H2,1-2,4-8H3,(H,26,27). The number of alkyl halides is 1. The van der Waals surface area contributed by atoms with Crippen LogP contribution in [-0.4, -0.2) is 41.9 Å². The van der Waals surface area contributed by atoms with Crippen molar-refractivity contribution in [2.75, 3.05) is 13.2 Å². The Hall–Kier alpha value is -2.06. The lowest BCUT2D eigenvalue weighted by molar-refractivity contribution is 0.267. The van der Waals surface area contributed by atoms with Crippen molar-refractivity contribution in [3.05, 3.63) is 35.8 Å². The van der Waals surface area contributed by atoms with E-state index in [2.05, 4.69) is 67.8 Å². The fourth-order valence-corrected chi connectivity index (χ4v) is 4.35. The van der Waals surface area contributed by atoms with E-state index in [9.17, 15) is 4.39 Å². The molecule has 6 nitrogen and oxygen atoms in total. The number of aromatic amines is 1. The summed E-state index contributed by atoms with van der Waals surface area (Å²) in [4.78, 5) is 0. The molecule has 8 heteroatoms. The normalized spacial score (nSPS) is 16.8. The molecular weight excluding hydrogens is 411 g/mol. The van der Waals surface area contributed by atoms with Crippen LogP contribution in [0.2, 0.25) is 18.1 Å². The third-order valence-corrected chi connectivity index (χ3v) is 11.0. The molecule has 1 fully saturated rings. The maximum atomic E-state index is 14.5. The summed E-state index contributed by atoms with van der Waals surface area (Å²) in [5, 5.41) is 15.9. The number of hydrogen-bond donors (Lipinski definition) is 1. The Morgan fingerprint density at radius 3 is 2.61 bits per heavy atom. The zero-order chi connectivity index (χ0) is 23.0. The third kappa shape index (κ3) is 4.90. The number of nitrogens with one attached hydrogen (secondary N) is 1. The summed E-state index contributed by atoms with van der Waals surface area (Å²) < 4.78 is 26.7. The Kier molecular flexibility index (Phi) is 6.44. The van der Waals surface area contributed by atoms with E-state index in [1.807, 2.05) is 6.92 Å². The smallest absolute Gasteiger partial charge is 0.192 e. The maximum Gasteiger partial charge on any atom is 0.192 e. The molecule has 0 aliphatic heterocycles. The molecule has 1 N–H and O–H groups in total. The van der Waals surface area contributed by atoms with Crippen molar-refractivity contribution in [1.29, 1.82) is 0 Å². The van der Waals surface area contributed by atoms with Crippen LogP contribution in [0.1, 0.15) is 70.3 Å². The highest BCUT2D eigenvalue weighted by atomic mass is 28.4. The first-order valence-corrected chi connectivity index (χ1v) is 13.9. The summed E-state index contributed by atoms with van der Waals surface area (Å²) >= 11 is 0. The van der Waals surface area contributed by atoms with E-state index >= 15 is 0 Å². The van der Waals surface area contributed by atoms with Crippen molar-refractivity contribution < 1.29 is 13.6 Å². The fraction of sp³-hybridized carbons (Fsp3) is 0.609. The predicted molar refractivity (Wildman–Crippen MR) is 124 cm³/mol.